The Morgan fingerprint density at radius 3 is 2.64 bits per heavy atom. The maximum Gasteiger partial charge on any atom is 0.573 e. The zero-order valence-corrected chi connectivity index (χ0v) is 15.7. The van der Waals surface area contributed by atoms with Crippen LogP contribution in [0.4, 0.5) is 13.2 Å². The fraction of sp³-hybridized carbons (Fsp3) is 0.474. The summed E-state index contributed by atoms with van der Waals surface area (Å²) in [5.74, 6) is -1.17. The molecule has 1 atom stereocenters. The first-order valence-corrected chi connectivity index (χ1v) is 8.57. The summed E-state index contributed by atoms with van der Waals surface area (Å²) >= 11 is 0. The van der Waals surface area contributed by atoms with E-state index in [0.29, 0.717) is 19.4 Å². The molecule has 0 aromatic carbocycles. The predicted octanol–water partition coefficient (Wildman–Crippen LogP) is 3.51. The molecule has 0 saturated carbocycles. The molecule has 2 rings (SSSR count). The van der Waals surface area contributed by atoms with Crippen molar-refractivity contribution in [3.63, 3.8) is 0 Å². The minimum atomic E-state index is -4.82. The third kappa shape index (κ3) is 5.31. The Kier molecular flexibility index (Phi) is 6.12. The van der Waals surface area contributed by atoms with Gasteiger partial charge in [-0.25, -0.2) is 4.98 Å². The molecule has 1 aliphatic carbocycles. The summed E-state index contributed by atoms with van der Waals surface area (Å²) in [5.41, 5.74) is -0.510. The van der Waals surface area contributed by atoms with Gasteiger partial charge in [0.05, 0.1) is 11.8 Å². The van der Waals surface area contributed by atoms with Crippen LogP contribution in [0.25, 0.3) is 0 Å². The Bertz CT molecular complexity index is 824. The molecule has 0 bridgehead atoms. The van der Waals surface area contributed by atoms with Crippen LogP contribution in [0.3, 0.4) is 0 Å². The molecule has 6 nitrogen and oxygen atoms in total. The van der Waals surface area contributed by atoms with E-state index in [1.807, 2.05) is 6.07 Å². The highest BCUT2D eigenvalue weighted by atomic mass is 19.4. The Labute approximate surface area is 160 Å². The number of nitrogens with zero attached hydrogens (tertiary/aromatic N) is 3. The summed E-state index contributed by atoms with van der Waals surface area (Å²) in [6, 6.07) is 4.12. The first kappa shape index (κ1) is 21.4. The fourth-order valence-electron chi connectivity index (χ4n) is 3.11. The second-order valence-electron chi connectivity index (χ2n) is 7.31. The summed E-state index contributed by atoms with van der Waals surface area (Å²) in [5, 5.41) is 9.13. The van der Waals surface area contributed by atoms with Gasteiger partial charge in [0.1, 0.15) is 17.5 Å². The van der Waals surface area contributed by atoms with Gasteiger partial charge in [-0.1, -0.05) is 19.9 Å². The van der Waals surface area contributed by atoms with Gasteiger partial charge in [0.2, 0.25) is 0 Å². The molecule has 1 aromatic heterocycles. The van der Waals surface area contributed by atoms with E-state index >= 15 is 0 Å². The van der Waals surface area contributed by atoms with Crippen molar-refractivity contribution in [1.29, 1.82) is 5.26 Å². The minimum absolute atomic E-state index is 0.00978. The number of nitriles is 1. The van der Waals surface area contributed by atoms with E-state index in [-0.39, 0.29) is 23.0 Å². The Morgan fingerprint density at radius 1 is 1.43 bits per heavy atom. The topological polar surface area (TPSA) is 83.3 Å². The van der Waals surface area contributed by atoms with Crippen LogP contribution in [-0.4, -0.2) is 41.5 Å². The molecule has 0 saturated heterocycles. The third-order valence-corrected chi connectivity index (χ3v) is 4.53. The lowest BCUT2D eigenvalue weighted by atomic mass is 9.71. The van der Waals surface area contributed by atoms with E-state index in [4.69, 9.17) is 5.26 Å². The van der Waals surface area contributed by atoms with Gasteiger partial charge < -0.3 is 9.64 Å². The van der Waals surface area contributed by atoms with Gasteiger partial charge in [-0.15, -0.1) is 13.2 Å². The van der Waals surface area contributed by atoms with Crippen LogP contribution >= 0.6 is 0 Å². The van der Waals surface area contributed by atoms with E-state index < -0.39 is 23.4 Å². The molecule has 28 heavy (non-hydrogen) atoms. The molecular formula is C19H20F3N3O3. The third-order valence-electron chi connectivity index (χ3n) is 4.53. The van der Waals surface area contributed by atoms with Crippen molar-refractivity contribution in [2.75, 3.05) is 13.6 Å². The Morgan fingerprint density at radius 2 is 2.11 bits per heavy atom. The second-order valence-corrected chi connectivity index (χ2v) is 7.31. The van der Waals surface area contributed by atoms with Crippen LogP contribution in [0.1, 0.15) is 37.2 Å². The second kappa shape index (κ2) is 8.00. The maximum absolute atomic E-state index is 12.4. The number of alkyl halides is 3. The van der Waals surface area contributed by atoms with Crippen LogP contribution in [0, 0.1) is 22.7 Å². The zero-order chi connectivity index (χ0) is 21.1. The molecule has 0 N–H and O–H groups in total. The van der Waals surface area contributed by atoms with Crippen LogP contribution in [-0.2, 0) is 4.79 Å². The maximum atomic E-state index is 12.4. The summed E-state index contributed by atoms with van der Waals surface area (Å²) in [4.78, 5) is 29.6. The number of hydrogen-bond donors (Lipinski definition) is 0. The van der Waals surface area contributed by atoms with Crippen LogP contribution < -0.4 is 4.74 Å². The van der Waals surface area contributed by atoms with Crippen molar-refractivity contribution in [2.45, 2.75) is 33.1 Å². The average Bonchev–Trinajstić information content (AvgIpc) is 2.60. The molecule has 0 radical (unpaired) electrons. The highest BCUT2D eigenvalue weighted by Crippen LogP contribution is 2.36. The van der Waals surface area contributed by atoms with Gasteiger partial charge in [-0.05, 0) is 30.9 Å². The molecule has 0 unspecified atom stereocenters. The molecule has 0 spiro atoms. The smallest absolute Gasteiger partial charge is 0.404 e. The normalized spacial score (nSPS) is 18.8. The standard InChI is InChI=1S/C19H20F3N3O3/c1-18(2)9-12(8-13(10-23)16(18)26)6-7-25(3)17(27)15-5-4-14(11-24-15)28-19(20,21)22/h4-5,8,11-12H,6-7,9H2,1-3H3/t12-/m0/s1. The first-order valence-electron chi connectivity index (χ1n) is 8.57. The van der Waals surface area contributed by atoms with Crippen molar-refractivity contribution in [1.82, 2.24) is 9.88 Å². The number of Topliss-reactive ketones (excluding diaryl/α,β-unsaturated/α-hetero) is 1. The lowest BCUT2D eigenvalue weighted by Crippen LogP contribution is -2.34. The molecule has 0 fully saturated rings. The lowest BCUT2D eigenvalue weighted by Gasteiger charge is -2.32. The minimum Gasteiger partial charge on any atom is -0.404 e. The van der Waals surface area contributed by atoms with Gasteiger partial charge in [0.25, 0.3) is 5.91 Å². The summed E-state index contributed by atoms with van der Waals surface area (Å²) in [6.07, 6.45) is -1.23. The van der Waals surface area contributed by atoms with Crippen molar-refractivity contribution in [3.05, 3.63) is 35.7 Å². The highest BCUT2D eigenvalue weighted by molar-refractivity contribution is 6.03. The number of halogens is 3. The molecule has 9 heteroatoms. The number of allylic oxidation sites excluding steroid dienone is 2. The predicted molar refractivity (Wildman–Crippen MR) is 93.1 cm³/mol. The van der Waals surface area contributed by atoms with Crippen molar-refractivity contribution in [2.24, 2.45) is 11.3 Å². The molecule has 1 heterocycles. The molecule has 1 aliphatic rings. The van der Waals surface area contributed by atoms with Crippen LogP contribution in [0.2, 0.25) is 0 Å². The first-order chi connectivity index (χ1) is 12.9. The quantitative estimate of drug-likeness (QED) is 0.762. The molecule has 150 valence electrons. The van der Waals surface area contributed by atoms with Gasteiger partial charge in [0.15, 0.2) is 5.78 Å². The number of pyridine rings is 1. The molecular weight excluding hydrogens is 375 g/mol. The van der Waals surface area contributed by atoms with E-state index in [1.54, 1.807) is 27.0 Å². The molecule has 1 amide bonds. The van der Waals surface area contributed by atoms with Crippen LogP contribution in [0.5, 0.6) is 5.75 Å². The average molecular weight is 395 g/mol. The lowest BCUT2D eigenvalue weighted by molar-refractivity contribution is -0.274. The number of aromatic nitrogens is 1. The van der Waals surface area contributed by atoms with E-state index in [9.17, 15) is 22.8 Å². The number of hydrogen-bond acceptors (Lipinski definition) is 5. The monoisotopic (exact) mass is 395 g/mol. The summed E-state index contributed by atoms with van der Waals surface area (Å²) < 4.78 is 40.2. The number of rotatable bonds is 5. The Hall–Kier alpha value is -2.89. The Balaban J connectivity index is 1.98. The largest absolute Gasteiger partial charge is 0.573 e. The van der Waals surface area contributed by atoms with Crippen LogP contribution in [0.15, 0.2) is 30.0 Å². The fourth-order valence-corrected chi connectivity index (χ4v) is 3.11. The number of ether oxygens (including phenoxy) is 1. The van der Waals surface area contributed by atoms with E-state index in [0.717, 1.165) is 18.3 Å². The SMILES string of the molecule is CN(CC[C@H]1C=C(C#N)C(=O)C(C)(C)C1)C(=O)c1ccc(OC(F)(F)F)cn1. The van der Waals surface area contributed by atoms with Gasteiger partial charge in [0, 0.05) is 19.0 Å². The van der Waals surface area contributed by atoms with Gasteiger partial charge >= 0.3 is 6.36 Å². The van der Waals surface area contributed by atoms with Crippen molar-refractivity contribution in [3.8, 4) is 11.8 Å². The number of ketones is 1. The van der Waals surface area contributed by atoms with E-state index in [1.165, 1.54) is 4.90 Å². The van der Waals surface area contributed by atoms with Gasteiger partial charge in [-0.3, -0.25) is 9.59 Å². The molecule has 0 aliphatic heterocycles. The summed E-state index contributed by atoms with van der Waals surface area (Å²) in [6.45, 7) is 3.91. The van der Waals surface area contributed by atoms with Gasteiger partial charge in [-0.2, -0.15) is 5.26 Å². The molecule has 1 aromatic rings. The van der Waals surface area contributed by atoms with Crippen molar-refractivity contribution >= 4 is 11.7 Å². The highest BCUT2D eigenvalue weighted by Gasteiger charge is 2.37. The van der Waals surface area contributed by atoms with E-state index in [2.05, 4.69) is 9.72 Å². The van der Waals surface area contributed by atoms with Crippen molar-refractivity contribution < 1.29 is 27.5 Å². The number of carbonyl (C=O) groups is 2. The zero-order valence-electron chi connectivity index (χ0n) is 15.7. The number of amides is 1. The summed E-state index contributed by atoms with van der Waals surface area (Å²) in [7, 11) is 1.55. The number of carbonyl (C=O) groups excluding carboxylic acids is 2.